The number of nitrogens with zero attached hydrogens (tertiary/aromatic N) is 1. The third-order valence-corrected chi connectivity index (χ3v) is 2.69. The van der Waals surface area contributed by atoms with E-state index in [0.29, 0.717) is 11.9 Å². The molecule has 3 heteroatoms. The van der Waals surface area contributed by atoms with Crippen molar-refractivity contribution in [1.82, 2.24) is 0 Å². The molecule has 1 aromatic carbocycles. The molecular formula is C15H19N3. The average molecular weight is 241 g/mol. The van der Waals surface area contributed by atoms with Crippen LogP contribution in [0, 0.1) is 5.92 Å². The maximum Gasteiger partial charge on any atom is 0.198 e. The average Bonchev–Trinajstić information content (AvgIpc) is 3.12. The SMILES string of the molecule is C=C(C)/C=C(\N=C(/N)Nc1ccccc1)C1CC1. The van der Waals surface area contributed by atoms with Crippen LogP contribution in [0.25, 0.3) is 0 Å². The van der Waals surface area contributed by atoms with Gasteiger partial charge in [-0.3, -0.25) is 0 Å². The highest BCUT2D eigenvalue weighted by Crippen LogP contribution is 2.37. The van der Waals surface area contributed by atoms with Gasteiger partial charge in [-0.15, -0.1) is 0 Å². The summed E-state index contributed by atoms with van der Waals surface area (Å²) in [5.41, 5.74) is 8.90. The largest absolute Gasteiger partial charge is 0.369 e. The molecule has 0 amide bonds. The van der Waals surface area contributed by atoms with Crippen LogP contribution in [0.5, 0.6) is 0 Å². The molecule has 0 aliphatic heterocycles. The Morgan fingerprint density at radius 2 is 2.06 bits per heavy atom. The number of nitrogens with two attached hydrogens (primary N) is 1. The summed E-state index contributed by atoms with van der Waals surface area (Å²) in [6.07, 6.45) is 4.40. The van der Waals surface area contributed by atoms with Crippen molar-refractivity contribution in [2.24, 2.45) is 16.6 Å². The highest BCUT2D eigenvalue weighted by Gasteiger charge is 2.26. The van der Waals surface area contributed by atoms with E-state index in [2.05, 4.69) is 16.9 Å². The molecule has 0 heterocycles. The maximum atomic E-state index is 5.92. The fourth-order valence-electron chi connectivity index (χ4n) is 1.71. The zero-order valence-corrected chi connectivity index (χ0v) is 10.7. The predicted octanol–water partition coefficient (Wildman–Crippen LogP) is 3.28. The molecule has 0 saturated heterocycles. The Morgan fingerprint density at radius 3 is 2.61 bits per heavy atom. The van der Waals surface area contributed by atoms with Gasteiger partial charge in [0.15, 0.2) is 5.96 Å². The molecule has 3 nitrogen and oxygen atoms in total. The van der Waals surface area contributed by atoms with E-state index in [1.807, 2.05) is 43.3 Å². The van der Waals surface area contributed by atoms with Gasteiger partial charge in [0.25, 0.3) is 0 Å². The number of rotatable bonds is 4. The first-order valence-electron chi connectivity index (χ1n) is 6.18. The lowest BCUT2D eigenvalue weighted by molar-refractivity contribution is 0.974. The zero-order chi connectivity index (χ0) is 13.0. The summed E-state index contributed by atoms with van der Waals surface area (Å²) in [6, 6.07) is 9.81. The molecule has 0 radical (unpaired) electrons. The third-order valence-electron chi connectivity index (χ3n) is 2.69. The molecule has 0 atom stereocenters. The Kier molecular flexibility index (Phi) is 3.82. The molecule has 1 saturated carbocycles. The number of aliphatic imine (C=N–C) groups is 1. The van der Waals surface area contributed by atoms with Crippen molar-refractivity contribution < 1.29 is 0 Å². The Bertz CT molecular complexity index is 482. The first-order valence-corrected chi connectivity index (χ1v) is 6.18. The summed E-state index contributed by atoms with van der Waals surface area (Å²) in [7, 11) is 0. The highest BCUT2D eigenvalue weighted by molar-refractivity contribution is 5.92. The smallest absolute Gasteiger partial charge is 0.198 e. The normalized spacial score (nSPS) is 16.5. The van der Waals surface area contributed by atoms with Gasteiger partial charge in [0.1, 0.15) is 0 Å². The molecule has 0 spiro atoms. The van der Waals surface area contributed by atoms with E-state index < -0.39 is 0 Å². The van der Waals surface area contributed by atoms with Gasteiger partial charge in [0.2, 0.25) is 0 Å². The number of anilines is 1. The Balaban J connectivity index is 2.08. The van der Waals surface area contributed by atoms with Gasteiger partial charge in [-0.1, -0.05) is 30.4 Å². The number of benzene rings is 1. The van der Waals surface area contributed by atoms with E-state index in [4.69, 9.17) is 5.73 Å². The number of allylic oxidation sites excluding steroid dienone is 3. The Morgan fingerprint density at radius 1 is 1.39 bits per heavy atom. The van der Waals surface area contributed by atoms with Crippen molar-refractivity contribution in [2.75, 3.05) is 5.32 Å². The fraction of sp³-hybridized carbons (Fsp3) is 0.267. The van der Waals surface area contributed by atoms with Gasteiger partial charge < -0.3 is 11.1 Å². The van der Waals surface area contributed by atoms with Gasteiger partial charge in [-0.05, 0) is 38.0 Å². The number of hydrogen-bond donors (Lipinski definition) is 2. The van der Waals surface area contributed by atoms with Crippen LogP contribution in [0.2, 0.25) is 0 Å². The molecule has 94 valence electrons. The van der Waals surface area contributed by atoms with Gasteiger partial charge in [0.05, 0.1) is 0 Å². The molecule has 0 bridgehead atoms. The van der Waals surface area contributed by atoms with Crippen LogP contribution >= 0.6 is 0 Å². The van der Waals surface area contributed by atoms with E-state index in [0.717, 1.165) is 17.0 Å². The molecule has 18 heavy (non-hydrogen) atoms. The van der Waals surface area contributed by atoms with Gasteiger partial charge in [-0.25, -0.2) is 4.99 Å². The number of para-hydroxylation sites is 1. The van der Waals surface area contributed by atoms with E-state index in [1.54, 1.807) is 0 Å². The minimum absolute atomic E-state index is 0.431. The van der Waals surface area contributed by atoms with Crippen LogP contribution in [-0.4, -0.2) is 5.96 Å². The van der Waals surface area contributed by atoms with Crippen LogP contribution < -0.4 is 11.1 Å². The minimum atomic E-state index is 0.431. The second-order valence-corrected chi connectivity index (χ2v) is 4.68. The molecule has 1 aromatic rings. The first-order chi connectivity index (χ1) is 8.65. The van der Waals surface area contributed by atoms with E-state index in [-0.39, 0.29) is 0 Å². The molecular weight excluding hydrogens is 222 g/mol. The molecule has 0 aromatic heterocycles. The second-order valence-electron chi connectivity index (χ2n) is 4.68. The number of hydrogen-bond acceptors (Lipinski definition) is 1. The van der Waals surface area contributed by atoms with E-state index in [1.165, 1.54) is 12.8 Å². The predicted molar refractivity (Wildman–Crippen MR) is 77.3 cm³/mol. The summed E-state index contributed by atoms with van der Waals surface area (Å²) >= 11 is 0. The molecule has 1 aliphatic rings. The molecule has 1 aliphatic carbocycles. The summed E-state index contributed by atoms with van der Waals surface area (Å²) in [4.78, 5) is 4.46. The highest BCUT2D eigenvalue weighted by atomic mass is 15.1. The molecule has 0 unspecified atom stereocenters. The summed E-state index contributed by atoms with van der Waals surface area (Å²) < 4.78 is 0. The maximum absolute atomic E-state index is 5.92. The topological polar surface area (TPSA) is 50.4 Å². The van der Waals surface area contributed by atoms with Crippen LogP contribution in [0.15, 0.2) is 59.2 Å². The molecule has 2 rings (SSSR count). The van der Waals surface area contributed by atoms with Gasteiger partial charge >= 0.3 is 0 Å². The number of nitrogens with one attached hydrogen (secondary N) is 1. The van der Waals surface area contributed by atoms with Gasteiger partial charge in [-0.2, -0.15) is 0 Å². The summed E-state index contributed by atoms with van der Waals surface area (Å²) in [5, 5.41) is 3.09. The van der Waals surface area contributed by atoms with E-state index in [9.17, 15) is 0 Å². The van der Waals surface area contributed by atoms with Crippen LogP contribution in [0.1, 0.15) is 19.8 Å². The van der Waals surface area contributed by atoms with Crippen molar-refractivity contribution in [3.63, 3.8) is 0 Å². The van der Waals surface area contributed by atoms with E-state index >= 15 is 0 Å². The molecule has 3 N–H and O–H groups in total. The lowest BCUT2D eigenvalue weighted by Gasteiger charge is -2.06. The van der Waals surface area contributed by atoms with Crippen molar-refractivity contribution >= 4 is 11.6 Å². The summed E-state index contributed by atoms with van der Waals surface area (Å²) in [5.74, 6) is 0.985. The minimum Gasteiger partial charge on any atom is -0.369 e. The summed E-state index contributed by atoms with van der Waals surface area (Å²) in [6.45, 7) is 5.86. The monoisotopic (exact) mass is 241 g/mol. The van der Waals surface area contributed by atoms with Gasteiger partial charge in [0, 0.05) is 17.3 Å². The van der Waals surface area contributed by atoms with Crippen LogP contribution in [-0.2, 0) is 0 Å². The fourth-order valence-corrected chi connectivity index (χ4v) is 1.71. The van der Waals surface area contributed by atoms with Crippen LogP contribution in [0.4, 0.5) is 5.69 Å². The lowest BCUT2D eigenvalue weighted by atomic mass is 10.2. The van der Waals surface area contributed by atoms with Crippen LogP contribution in [0.3, 0.4) is 0 Å². The lowest BCUT2D eigenvalue weighted by Crippen LogP contribution is -2.22. The zero-order valence-electron chi connectivity index (χ0n) is 10.7. The Hall–Kier alpha value is -2.03. The van der Waals surface area contributed by atoms with Crippen molar-refractivity contribution in [1.29, 1.82) is 0 Å². The third kappa shape index (κ3) is 3.77. The van der Waals surface area contributed by atoms with Crippen molar-refractivity contribution in [2.45, 2.75) is 19.8 Å². The standard InChI is InChI=1S/C15H19N3/c1-11(2)10-14(12-8-9-12)18-15(16)17-13-6-4-3-5-7-13/h3-7,10,12H,1,8-9H2,2H3,(H3,16,17,18)/b14-10-. The molecule has 1 fully saturated rings. The van der Waals surface area contributed by atoms with Crippen molar-refractivity contribution in [3.05, 3.63) is 54.3 Å². The Labute approximate surface area is 108 Å². The quantitative estimate of drug-likeness (QED) is 0.483. The second kappa shape index (κ2) is 5.54. The van der Waals surface area contributed by atoms with Crippen molar-refractivity contribution in [3.8, 4) is 0 Å². The first kappa shape index (κ1) is 12.4. The number of guanidine groups is 1.